The van der Waals surface area contributed by atoms with Gasteiger partial charge in [-0.05, 0) is 104 Å². The number of benzene rings is 2. The summed E-state index contributed by atoms with van der Waals surface area (Å²) in [5, 5.41) is 30.6. The van der Waals surface area contributed by atoms with Gasteiger partial charge in [0.1, 0.15) is 24.2 Å². The van der Waals surface area contributed by atoms with Crippen molar-refractivity contribution < 1.29 is 9.13 Å². The molecule has 0 amide bonds. The number of hydrogen-bond donors (Lipinski definition) is 1. The lowest BCUT2D eigenvalue weighted by molar-refractivity contribution is 0.300. The third kappa shape index (κ3) is 3.84. The molecule has 2 aromatic rings. The van der Waals surface area contributed by atoms with Gasteiger partial charge in [-0.25, -0.2) is 4.39 Å². The molecule has 0 saturated carbocycles. The number of ether oxygens (including phenoxy) is 1. The molecule has 2 aliphatic rings. The Hall–Kier alpha value is -4.08. The third-order valence-electron chi connectivity index (χ3n) is 7.50. The van der Waals surface area contributed by atoms with E-state index >= 15 is 0 Å². The van der Waals surface area contributed by atoms with Crippen LogP contribution in [0.3, 0.4) is 0 Å². The van der Waals surface area contributed by atoms with E-state index in [2.05, 4.69) is 24.3 Å². The highest BCUT2D eigenvalue weighted by Crippen LogP contribution is 2.57. The number of nitriles is 3. The number of halogens is 1. The molecular weight excluding hydrogens is 439 g/mol. The highest BCUT2D eigenvalue weighted by atomic mass is 19.1. The summed E-state index contributed by atoms with van der Waals surface area (Å²) in [5.74, 6) is -0.443. The number of allylic oxidation sites excluding steroid dienone is 4. The van der Waals surface area contributed by atoms with Gasteiger partial charge in [0.25, 0.3) is 0 Å². The van der Waals surface area contributed by atoms with Gasteiger partial charge in [-0.1, -0.05) is 12.1 Å². The summed E-state index contributed by atoms with van der Waals surface area (Å²) in [6.45, 7) is 6.25. The lowest BCUT2D eigenvalue weighted by Gasteiger charge is -2.44. The van der Waals surface area contributed by atoms with Crippen molar-refractivity contribution in [1.29, 1.82) is 15.8 Å². The van der Waals surface area contributed by atoms with Gasteiger partial charge in [0, 0.05) is 5.92 Å². The summed E-state index contributed by atoms with van der Waals surface area (Å²) < 4.78 is 19.3. The molecule has 2 N–H and O–H groups in total. The Balaban J connectivity index is 1.89. The van der Waals surface area contributed by atoms with Gasteiger partial charge in [0.15, 0.2) is 5.41 Å². The van der Waals surface area contributed by atoms with Crippen LogP contribution in [0.15, 0.2) is 53.3 Å². The molecule has 0 radical (unpaired) electrons. The summed E-state index contributed by atoms with van der Waals surface area (Å²) >= 11 is 0. The molecule has 2 aliphatic carbocycles. The fourth-order valence-corrected chi connectivity index (χ4v) is 5.82. The molecule has 2 atom stereocenters. The van der Waals surface area contributed by atoms with Crippen LogP contribution in [0, 0.1) is 71.9 Å². The smallest absolute Gasteiger partial charge is 0.191 e. The van der Waals surface area contributed by atoms with Gasteiger partial charge >= 0.3 is 0 Å². The van der Waals surface area contributed by atoms with Gasteiger partial charge in [-0.2, -0.15) is 15.8 Å². The summed E-state index contributed by atoms with van der Waals surface area (Å²) in [4.78, 5) is 0. The second kappa shape index (κ2) is 9.28. The van der Waals surface area contributed by atoms with E-state index in [0.717, 1.165) is 52.7 Å². The topological polar surface area (TPSA) is 107 Å². The van der Waals surface area contributed by atoms with E-state index in [1.54, 1.807) is 12.1 Å². The van der Waals surface area contributed by atoms with Crippen molar-refractivity contribution in [3.63, 3.8) is 0 Å². The van der Waals surface area contributed by atoms with Gasteiger partial charge in [-0.3, -0.25) is 0 Å². The minimum Gasteiger partial charge on any atom is -0.489 e. The van der Waals surface area contributed by atoms with Gasteiger partial charge in [0.2, 0.25) is 0 Å². The Morgan fingerprint density at radius 1 is 1.09 bits per heavy atom. The quantitative estimate of drug-likeness (QED) is 0.601. The fraction of sp³-hybridized carbons (Fsp3) is 0.345. The average Bonchev–Trinajstić information content (AvgIpc) is 2.85. The maximum absolute atomic E-state index is 13.3. The van der Waals surface area contributed by atoms with E-state index in [9.17, 15) is 20.2 Å². The molecule has 0 fully saturated rings. The lowest BCUT2D eigenvalue weighted by Crippen LogP contribution is -2.43. The first-order chi connectivity index (χ1) is 16.8. The Kier molecular flexibility index (Phi) is 6.38. The first-order valence-electron chi connectivity index (χ1n) is 11.7. The van der Waals surface area contributed by atoms with Crippen molar-refractivity contribution in [3.8, 4) is 24.0 Å². The van der Waals surface area contributed by atoms with Crippen LogP contribution >= 0.6 is 0 Å². The summed E-state index contributed by atoms with van der Waals surface area (Å²) in [6.07, 6.45) is 4.57. The maximum atomic E-state index is 13.3. The maximum Gasteiger partial charge on any atom is 0.191 e. The molecule has 0 saturated heterocycles. The average molecular weight is 467 g/mol. The molecule has 0 aliphatic heterocycles. The van der Waals surface area contributed by atoms with Crippen molar-refractivity contribution >= 4 is 0 Å². The number of hydrogen-bond acceptors (Lipinski definition) is 5. The number of rotatable bonds is 4. The van der Waals surface area contributed by atoms with E-state index in [0.29, 0.717) is 5.75 Å². The molecule has 0 spiro atoms. The molecule has 0 heterocycles. The normalized spacial score (nSPS) is 20.7. The molecule has 35 heavy (non-hydrogen) atoms. The summed E-state index contributed by atoms with van der Waals surface area (Å²) in [7, 11) is 0. The minimum absolute atomic E-state index is 0.0443. The van der Waals surface area contributed by atoms with Crippen LogP contribution in [0.5, 0.6) is 5.75 Å². The van der Waals surface area contributed by atoms with Crippen molar-refractivity contribution in [2.75, 3.05) is 0 Å². The van der Waals surface area contributed by atoms with Crippen molar-refractivity contribution in [2.45, 2.75) is 52.6 Å². The zero-order valence-electron chi connectivity index (χ0n) is 20.2. The Morgan fingerprint density at radius 3 is 2.40 bits per heavy atom. The van der Waals surface area contributed by atoms with Crippen LogP contribution in [0.4, 0.5) is 4.39 Å². The van der Waals surface area contributed by atoms with Gasteiger partial charge in [0.05, 0.1) is 23.4 Å². The molecule has 2 unspecified atom stereocenters. The van der Waals surface area contributed by atoms with E-state index in [1.165, 1.54) is 12.1 Å². The number of nitrogens with zero attached hydrogens (tertiary/aromatic N) is 3. The van der Waals surface area contributed by atoms with Crippen molar-refractivity contribution in [1.82, 2.24) is 0 Å². The zero-order chi connectivity index (χ0) is 25.3. The first kappa shape index (κ1) is 24.1. The van der Waals surface area contributed by atoms with Crippen molar-refractivity contribution in [2.24, 2.45) is 17.1 Å². The second-order valence-electron chi connectivity index (χ2n) is 9.38. The van der Waals surface area contributed by atoms with Crippen LogP contribution in [-0.4, -0.2) is 0 Å². The molecule has 6 heteroatoms. The summed E-state index contributed by atoms with van der Waals surface area (Å²) in [5.41, 5.74) is 10.8. The van der Waals surface area contributed by atoms with Crippen molar-refractivity contribution in [3.05, 3.63) is 86.9 Å². The summed E-state index contributed by atoms with van der Waals surface area (Å²) in [6, 6.07) is 14.6. The standard InChI is InChI=1S/C29H27FN4O/c1-17-12-18(2)26(19(3)25(17)14-35-21-10-8-20(30)9-11-21)27-23-7-5-4-6-22(23)24(13-31)28(34)29(27,15-32)16-33/h6,8-12,23,27H,4-5,7,14,34H2,1-3H3. The zero-order valence-corrected chi connectivity index (χ0v) is 20.2. The van der Waals surface area contributed by atoms with E-state index in [-0.39, 0.29) is 29.6 Å². The fourth-order valence-electron chi connectivity index (χ4n) is 5.82. The third-order valence-corrected chi connectivity index (χ3v) is 7.50. The predicted molar refractivity (Wildman–Crippen MR) is 130 cm³/mol. The molecular formula is C29H27FN4O. The number of nitrogens with two attached hydrogens (primary N) is 1. The van der Waals surface area contributed by atoms with E-state index in [1.807, 2.05) is 26.8 Å². The highest BCUT2D eigenvalue weighted by molar-refractivity contribution is 5.61. The highest BCUT2D eigenvalue weighted by Gasteiger charge is 2.54. The lowest BCUT2D eigenvalue weighted by atomic mass is 9.55. The molecule has 2 aromatic carbocycles. The van der Waals surface area contributed by atoms with Crippen LogP contribution in [0.1, 0.15) is 53.0 Å². The molecule has 4 rings (SSSR count). The molecule has 5 nitrogen and oxygen atoms in total. The predicted octanol–water partition coefficient (Wildman–Crippen LogP) is 5.92. The molecule has 176 valence electrons. The van der Waals surface area contributed by atoms with E-state index < -0.39 is 11.3 Å². The van der Waals surface area contributed by atoms with Crippen LogP contribution in [0.2, 0.25) is 0 Å². The number of aryl methyl sites for hydroxylation is 2. The second-order valence-corrected chi connectivity index (χ2v) is 9.38. The SMILES string of the molecule is Cc1cc(C)c(C2C3CCCC=C3C(C#N)=C(N)C2(C#N)C#N)c(C)c1COc1ccc(F)cc1. The first-order valence-corrected chi connectivity index (χ1v) is 11.7. The van der Waals surface area contributed by atoms with Gasteiger partial charge < -0.3 is 10.5 Å². The monoisotopic (exact) mass is 466 g/mol. The molecule has 0 aromatic heterocycles. The molecule has 0 bridgehead atoms. The van der Waals surface area contributed by atoms with Gasteiger partial charge in [-0.15, -0.1) is 0 Å². The van der Waals surface area contributed by atoms with Crippen LogP contribution in [-0.2, 0) is 6.61 Å². The Labute approximate surface area is 205 Å². The number of fused-ring (bicyclic) bond motifs is 1. The Morgan fingerprint density at radius 2 is 1.77 bits per heavy atom. The van der Waals surface area contributed by atoms with Crippen LogP contribution < -0.4 is 10.5 Å². The van der Waals surface area contributed by atoms with E-state index in [4.69, 9.17) is 10.5 Å². The minimum atomic E-state index is -1.65. The Bertz CT molecular complexity index is 1350. The van der Waals surface area contributed by atoms with Crippen LogP contribution in [0.25, 0.3) is 0 Å². The largest absolute Gasteiger partial charge is 0.489 e.